The molecule has 1 aromatic heterocycles. The number of nitrogens with zero attached hydrogens (tertiary/aromatic N) is 4. The van der Waals surface area contributed by atoms with Gasteiger partial charge in [0.25, 0.3) is 5.56 Å². The zero-order chi connectivity index (χ0) is 14.7. The lowest BCUT2D eigenvalue weighted by molar-refractivity contribution is -0.132. The summed E-state index contributed by atoms with van der Waals surface area (Å²) in [4.78, 5) is 26.4. The second-order valence-corrected chi connectivity index (χ2v) is 5.36. The zero-order valence-electron chi connectivity index (χ0n) is 11.9. The van der Waals surface area contributed by atoms with E-state index in [0.717, 1.165) is 30.6 Å². The molecular formula is C15H18N4O2. The summed E-state index contributed by atoms with van der Waals surface area (Å²) in [5.74, 6) is -0.0522. The summed E-state index contributed by atoms with van der Waals surface area (Å²) < 4.78 is 1.16. The fraction of sp³-hybridized carbons (Fsp3) is 0.467. The molecule has 1 amide bonds. The van der Waals surface area contributed by atoms with E-state index in [1.54, 1.807) is 18.2 Å². The molecule has 0 unspecified atom stereocenters. The minimum absolute atomic E-state index is 0.0311. The molecule has 1 aromatic carbocycles. The molecule has 1 aliphatic rings. The number of hydrogen-bond donors (Lipinski definition) is 0. The van der Waals surface area contributed by atoms with Crippen LogP contribution in [0.25, 0.3) is 10.9 Å². The molecular weight excluding hydrogens is 268 g/mol. The van der Waals surface area contributed by atoms with E-state index in [1.165, 1.54) is 12.8 Å². The third kappa shape index (κ3) is 2.94. The zero-order valence-corrected chi connectivity index (χ0v) is 11.9. The summed E-state index contributed by atoms with van der Waals surface area (Å²) in [5.41, 5.74) is 0.296. The number of benzene rings is 1. The Morgan fingerprint density at radius 1 is 1.10 bits per heavy atom. The van der Waals surface area contributed by atoms with Crippen molar-refractivity contribution >= 4 is 16.8 Å². The molecule has 1 aliphatic heterocycles. The van der Waals surface area contributed by atoms with Crippen molar-refractivity contribution in [3.05, 3.63) is 34.6 Å². The first-order chi connectivity index (χ1) is 10.3. The highest BCUT2D eigenvalue weighted by molar-refractivity contribution is 5.78. The van der Waals surface area contributed by atoms with Gasteiger partial charge in [-0.15, -0.1) is 5.10 Å². The topological polar surface area (TPSA) is 68.1 Å². The molecule has 0 atom stereocenters. The second kappa shape index (κ2) is 6.03. The Balaban J connectivity index is 1.82. The normalized spacial score (nSPS) is 15.9. The maximum Gasteiger partial charge on any atom is 0.278 e. The lowest BCUT2D eigenvalue weighted by Gasteiger charge is -2.20. The Hall–Kier alpha value is -2.24. The van der Waals surface area contributed by atoms with Crippen LogP contribution in [0.15, 0.2) is 29.1 Å². The second-order valence-electron chi connectivity index (χ2n) is 5.36. The van der Waals surface area contributed by atoms with Gasteiger partial charge in [-0.2, -0.15) is 0 Å². The smallest absolute Gasteiger partial charge is 0.278 e. The van der Waals surface area contributed by atoms with Crippen molar-refractivity contribution in [1.29, 1.82) is 0 Å². The van der Waals surface area contributed by atoms with E-state index >= 15 is 0 Å². The summed E-state index contributed by atoms with van der Waals surface area (Å²) in [7, 11) is 0. The molecule has 0 spiro atoms. The van der Waals surface area contributed by atoms with Gasteiger partial charge >= 0.3 is 0 Å². The van der Waals surface area contributed by atoms with Gasteiger partial charge in [0.1, 0.15) is 12.1 Å². The maximum absolute atomic E-state index is 12.3. The van der Waals surface area contributed by atoms with Crippen LogP contribution in [-0.4, -0.2) is 38.9 Å². The van der Waals surface area contributed by atoms with Crippen LogP contribution in [-0.2, 0) is 11.3 Å². The summed E-state index contributed by atoms with van der Waals surface area (Å²) in [5, 5.41) is 8.37. The van der Waals surface area contributed by atoms with Crippen LogP contribution < -0.4 is 5.56 Å². The van der Waals surface area contributed by atoms with Gasteiger partial charge in [0.15, 0.2) is 0 Å². The van der Waals surface area contributed by atoms with Gasteiger partial charge in [-0.25, -0.2) is 4.68 Å². The Morgan fingerprint density at radius 2 is 1.81 bits per heavy atom. The maximum atomic E-state index is 12.3. The molecule has 0 N–H and O–H groups in total. The fourth-order valence-corrected chi connectivity index (χ4v) is 2.68. The van der Waals surface area contributed by atoms with Gasteiger partial charge < -0.3 is 4.90 Å². The quantitative estimate of drug-likeness (QED) is 0.831. The Bertz CT molecular complexity index is 702. The number of likely N-dealkylation sites (tertiary alicyclic amines) is 1. The number of carbonyl (C=O) groups is 1. The average molecular weight is 286 g/mol. The number of amides is 1. The van der Waals surface area contributed by atoms with Crippen LogP contribution >= 0.6 is 0 Å². The average Bonchev–Trinajstić information content (AvgIpc) is 2.79. The predicted octanol–water partition coefficient (Wildman–Crippen LogP) is 1.19. The molecule has 1 saturated heterocycles. The van der Waals surface area contributed by atoms with E-state index in [2.05, 4.69) is 10.3 Å². The summed E-state index contributed by atoms with van der Waals surface area (Å²) in [6.07, 6.45) is 4.40. The van der Waals surface area contributed by atoms with Crippen LogP contribution in [0.5, 0.6) is 0 Å². The molecule has 3 rings (SSSR count). The summed E-state index contributed by atoms with van der Waals surface area (Å²) in [6.45, 7) is 1.51. The first-order valence-corrected chi connectivity index (χ1v) is 7.36. The van der Waals surface area contributed by atoms with Gasteiger partial charge in [0.2, 0.25) is 5.91 Å². The van der Waals surface area contributed by atoms with Crippen molar-refractivity contribution in [2.45, 2.75) is 32.2 Å². The van der Waals surface area contributed by atoms with Gasteiger partial charge in [0, 0.05) is 13.1 Å². The van der Waals surface area contributed by atoms with Crippen molar-refractivity contribution in [2.75, 3.05) is 13.1 Å². The third-order valence-electron chi connectivity index (χ3n) is 3.87. The lowest BCUT2D eigenvalue weighted by atomic mass is 10.2. The van der Waals surface area contributed by atoms with Gasteiger partial charge in [-0.05, 0) is 25.0 Å². The molecule has 0 bridgehead atoms. The highest BCUT2D eigenvalue weighted by Gasteiger charge is 2.17. The number of hydrogen-bond acceptors (Lipinski definition) is 4. The van der Waals surface area contributed by atoms with Crippen LogP contribution in [0.3, 0.4) is 0 Å². The van der Waals surface area contributed by atoms with Crippen LogP contribution in [0.1, 0.15) is 25.7 Å². The number of carbonyl (C=O) groups excluding carboxylic acids is 1. The number of fused-ring (bicyclic) bond motifs is 1. The lowest BCUT2D eigenvalue weighted by Crippen LogP contribution is -2.38. The molecule has 6 heteroatoms. The first kappa shape index (κ1) is 13.7. The van der Waals surface area contributed by atoms with Gasteiger partial charge in [-0.1, -0.05) is 30.2 Å². The van der Waals surface area contributed by atoms with Crippen LogP contribution in [0, 0.1) is 0 Å². The summed E-state index contributed by atoms with van der Waals surface area (Å²) in [6, 6.07) is 7.04. The molecule has 1 fully saturated rings. The third-order valence-corrected chi connectivity index (χ3v) is 3.87. The number of aromatic nitrogens is 3. The van der Waals surface area contributed by atoms with Crippen LogP contribution in [0.4, 0.5) is 0 Å². The van der Waals surface area contributed by atoms with Crippen molar-refractivity contribution in [2.24, 2.45) is 0 Å². The van der Waals surface area contributed by atoms with Crippen LogP contribution in [0.2, 0.25) is 0 Å². The molecule has 110 valence electrons. The SMILES string of the molecule is O=C(Cn1nnc2ccccc2c1=O)N1CCCCCC1. The molecule has 0 saturated carbocycles. The van der Waals surface area contributed by atoms with Crippen molar-refractivity contribution in [3.8, 4) is 0 Å². The number of rotatable bonds is 2. The van der Waals surface area contributed by atoms with E-state index < -0.39 is 0 Å². The molecule has 6 nitrogen and oxygen atoms in total. The summed E-state index contributed by atoms with van der Waals surface area (Å²) >= 11 is 0. The van der Waals surface area contributed by atoms with Gasteiger partial charge in [-0.3, -0.25) is 9.59 Å². The van der Waals surface area contributed by atoms with E-state index in [4.69, 9.17) is 0 Å². The minimum atomic E-state index is -0.260. The molecule has 21 heavy (non-hydrogen) atoms. The van der Waals surface area contributed by atoms with Crippen molar-refractivity contribution in [1.82, 2.24) is 19.9 Å². The van der Waals surface area contributed by atoms with E-state index in [0.29, 0.717) is 10.9 Å². The fourth-order valence-electron chi connectivity index (χ4n) is 2.68. The Morgan fingerprint density at radius 3 is 2.57 bits per heavy atom. The first-order valence-electron chi connectivity index (χ1n) is 7.36. The largest absolute Gasteiger partial charge is 0.341 e. The monoisotopic (exact) mass is 286 g/mol. The van der Waals surface area contributed by atoms with E-state index in [1.807, 2.05) is 11.0 Å². The van der Waals surface area contributed by atoms with Crippen molar-refractivity contribution < 1.29 is 4.79 Å². The van der Waals surface area contributed by atoms with E-state index in [-0.39, 0.29) is 18.0 Å². The molecule has 2 aromatic rings. The minimum Gasteiger partial charge on any atom is -0.341 e. The van der Waals surface area contributed by atoms with Crippen molar-refractivity contribution in [3.63, 3.8) is 0 Å². The molecule has 0 radical (unpaired) electrons. The standard InChI is InChI=1S/C15H18N4O2/c20-14(18-9-5-1-2-6-10-18)11-19-15(21)12-7-3-4-8-13(12)16-17-19/h3-4,7-8H,1-2,5-6,9-11H2. The Kier molecular flexibility index (Phi) is 3.94. The highest BCUT2D eigenvalue weighted by Crippen LogP contribution is 2.10. The molecule has 2 heterocycles. The molecule has 0 aliphatic carbocycles. The Labute approximate surface area is 122 Å². The highest BCUT2D eigenvalue weighted by atomic mass is 16.2. The van der Waals surface area contributed by atoms with Gasteiger partial charge in [0.05, 0.1) is 5.39 Å². The van der Waals surface area contributed by atoms with E-state index in [9.17, 15) is 9.59 Å². The predicted molar refractivity (Wildman–Crippen MR) is 78.8 cm³/mol.